The molecule has 0 radical (unpaired) electrons. The molecule has 4 N–H and O–H groups in total. The van der Waals surface area contributed by atoms with Gasteiger partial charge in [0.1, 0.15) is 0 Å². The number of anilines is 1. The van der Waals surface area contributed by atoms with Gasteiger partial charge in [0.05, 0.1) is 0 Å². The van der Waals surface area contributed by atoms with Crippen molar-refractivity contribution in [2.75, 3.05) is 12.3 Å². The van der Waals surface area contributed by atoms with E-state index in [-0.39, 0.29) is 11.8 Å². The molecule has 0 unspecified atom stereocenters. The van der Waals surface area contributed by atoms with Crippen molar-refractivity contribution in [1.82, 2.24) is 10.6 Å². The van der Waals surface area contributed by atoms with E-state index in [4.69, 9.17) is 5.73 Å². The number of hydrogen-bond acceptors (Lipinski definition) is 3. The third kappa shape index (κ3) is 5.30. The van der Waals surface area contributed by atoms with Crippen LogP contribution in [0.15, 0.2) is 24.3 Å². The number of aryl methyl sites for hydroxylation is 1. The maximum absolute atomic E-state index is 11.6. The van der Waals surface area contributed by atoms with Gasteiger partial charge in [0.2, 0.25) is 11.8 Å². The zero-order valence-electron chi connectivity index (χ0n) is 11.5. The Kier molecular flexibility index (Phi) is 4.98. The number of nitrogens with one attached hydrogen (secondary N) is 2. The molecule has 0 heterocycles. The lowest BCUT2D eigenvalue weighted by Crippen LogP contribution is -2.31. The highest BCUT2D eigenvalue weighted by Crippen LogP contribution is 2.18. The Morgan fingerprint density at radius 2 is 1.80 bits per heavy atom. The topological polar surface area (TPSA) is 84.2 Å². The molecule has 0 spiro atoms. The van der Waals surface area contributed by atoms with Crippen LogP contribution in [-0.4, -0.2) is 24.4 Å². The molecule has 1 aromatic rings. The number of nitrogens with two attached hydrogens (primary N) is 1. The molecular formula is C15H21N3O2. The zero-order valence-corrected chi connectivity index (χ0v) is 11.5. The first kappa shape index (κ1) is 14.4. The van der Waals surface area contributed by atoms with E-state index in [1.54, 1.807) is 0 Å². The van der Waals surface area contributed by atoms with Crippen LogP contribution in [0.2, 0.25) is 0 Å². The summed E-state index contributed by atoms with van der Waals surface area (Å²) in [6.45, 7) is 0.402. The third-order valence-electron chi connectivity index (χ3n) is 3.24. The number of hydrogen-bond donors (Lipinski definition) is 3. The molecule has 0 aliphatic heterocycles. The van der Waals surface area contributed by atoms with Crippen LogP contribution in [0, 0.1) is 0 Å². The van der Waals surface area contributed by atoms with Gasteiger partial charge < -0.3 is 16.4 Å². The zero-order chi connectivity index (χ0) is 14.4. The Hall–Kier alpha value is -2.04. The summed E-state index contributed by atoms with van der Waals surface area (Å²) in [5.74, 6) is -0.00705. The lowest BCUT2D eigenvalue weighted by Gasteiger charge is -2.06. The summed E-state index contributed by atoms with van der Waals surface area (Å²) >= 11 is 0. The number of amides is 2. The molecule has 0 aromatic heterocycles. The van der Waals surface area contributed by atoms with Gasteiger partial charge in [-0.25, -0.2) is 0 Å². The fourth-order valence-electron chi connectivity index (χ4n) is 1.87. The molecule has 1 aliphatic rings. The average Bonchev–Trinajstić information content (AvgIpc) is 3.22. The molecule has 20 heavy (non-hydrogen) atoms. The fraction of sp³-hybridized carbons (Fsp3) is 0.467. The van der Waals surface area contributed by atoms with Crippen LogP contribution in [-0.2, 0) is 16.0 Å². The lowest BCUT2D eigenvalue weighted by molar-refractivity contribution is -0.122. The molecule has 5 nitrogen and oxygen atoms in total. The van der Waals surface area contributed by atoms with E-state index in [1.165, 1.54) is 0 Å². The number of carbonyl (C=O) groups is 2. The number of rotatable bonds is 7. The quantitative estimate of drug-likeness (QED) is 0.649. The summed E-state index contributed by atoms with van der Waals surface area (Å²) < 4.78 is 0. The van der Waals surface area contributed by atoms with Gasteiger partial charge in [-0.05, 0) is 37.0 Å². The predicted octanol–water partition coefficient (Wildman–Crippen LogP) is 0.986. The second kappa shape index (κ2) is 6.93. The van der Waals surface area contributed by atoms with Crippen molar-refractivity contribution < 1.29 is 9.59 Å². The van der Waals surface area contributed by atoms with Crippen LogP contribution < -0.4 is 16.4 Å². The maximum atomic E-state index is 11.6. The summed E-state index contributed by atoms with van der Waals surface area (Å²) in [7, 11) is 0. The second-order valence-electron chi connectivity index (χ2n) is 5.18. The van der Waals surface area contributed by atoms with E-state index in [2.05, 4.69) is 10.6 Å². The minimum Gasteiger partial charge on any atom is -0.399 e. The van der Waals surface area contributed by atoms with Crippen molar-refractivity contribution >= 4 is 17.5 Å². The van der Waals surface area contributed by atoms with Crippen LogP contribution in [0.5, 0.6) is 0 Å². The van der Waals surface area contributed by atoms with E-state index < -0.39 is 0 Å². The molecule has 1 aromatic carbocycles. The molecule has 1 fully saturated rings. The Bertz CT molecular complexity index is 467. The molecule has 1 aliphatic carbocycles. The van der Waals surface area contributed by atoms with Crippen LogP contribution in [0.1, 0.15) is 31.2 Å². The van der Waals surface area contributed by atoms with Crippen molar-refractivity contribution in [3.63, 3.8) is 0 Å². The third-order valence-corrected chi connectivity index (χ3v) is 3.24. The highest BCUT2D eigenvalue weighted by molar-refractivity contribution is 5.79. The minimum absolute atomic E-state index is 0.0198. The summed E-state index contributed by atoms with van der Waals surface area (Å²) in [5, 5.41) is 5.65. The highest BCUT2D eigenvalue weighted by Gasteiger charge is 2.22. The molecular weight excluding hydrogens is 254 g/mol. The first-order valence-electron chi connectivity index (χ1n) is 7.04. The SMILES string of the molecule is Nc1ccc(CCC(=O)NCCC(=O)NC2CC2)cc1. The normalized spacial score (nSPS) is 13.8. The fourth-order valence-corrected chi connectivity index (χ4v) is 1.87. The van der Waals surface area contributed by atoms with Gasteiger partial charge in [-0.2, -0.15) is 0 Å². The first-order valence-corrected chi connectivity index (χ1v) is 7.04. The van der Waals surface area contributed by atoms with Gasteiger partial charge in [-0.1, -0.05) is 12.1 Å². The van der Waals surface area contributed by atoms with Gasteiger partial charge in [0.15, 0.2) is 0 Å². The Morgan fingerprint density at radius 3 is 2.45 bits per heavy atom. The summed E-state index contributed by atoms with van der Waals surface area (Å²) in [6.07, 6.45) is 3.62. The molecule has 2 amide bonds. The van der Waals surface area contributed by atoms with Crippen LogP contribution >= 0.6 is 0 Å². The van der Waals surface area contributed by atoms with Crippen molar-refractivity contribution in [1.29, 1.82) is 0 Å². The Balaban J connectivity index is 1.57. The average molecular weight is 275 g/mol. The van der Waals surface area contributed by atoms with E-state index in [0.29, 0.717) is 31.8 Å². The van der Waals surface area contributed by atoms with Gasteiger partial charge in [-0.15, -0.1) is 0 Å². The van der Waals surface area contributed by atoms with Crippen LogP contribution in [0.25, 0.3) is 0 Å². The predicted molar refractivity (Wildman–Crippen MR) is 78.0 cm³/mol. The van der Waals surface area contributed by atoms with E-state index >= 15 is 0 Å². The summed E-state index contributed by atoms with van der Waals surface area (Å²) in [5.41, 5.74) is 7.40. The van der Waals surface area contributed by atoms with E-state index in [9.17, 15) is 9.59 Å². The van der Waals surface area contributed by atoms with Crippen molar-refractivity contribution in [3.8, 4) is 0 Å². The van der Waals surface area contributed by atoms with Gasteiger partial charge in [-0.3, -0.25) is 9.59 Å². The Labute approximate surface area is 118 Å². The van der Waals surface area contributed by atoms with Crippen LogP contribution in [0.4, 0.5) is 5.69 Å². The van der Waals surface area contributed by atoms with Crippen molar-refractivity contribution in [3.05, 3.63) is 29.8 Å². The molecule has 0 saturated heterocycles. The molecule has 2 rings (SSSR count). The van der Waals surface area contributed by atoms with E-state index in [1.807, 2.05) is 24.3 Å². The molecule has 0 atom stereocenters. The monoisotopic (exact) mass is 275 g/mol. The maximum Gasteiger partial charge on any atom is 0.221 e. The van der Waals surface area contributed by atoms with Crippen LogP contribution in [0.3, 0.4) is 0 Å². The van der Waals surface area contributed by atoms with Gasteiger partial charge >= 0.3 is 0 Å². The summed E-state index contributed by atoms with van der Waals surface area (Å²) in [4.78, 5) is 23.0. The lowest BCUT2D eigenvalue weighted by atomic mass is 10.1. The number of benzene rings is 1. The molecule has 108 valence electrons. The minimum atomic E-state index is -0.0268. The van der Waals surface area contributed by atoms with Gasteiger partial charge in [0, 0.05) is 31.1 Å². The highest BCUT2D eigenvalue weighted by atomic mass is 16.2. The largest absolute Gasteiger partial charge is 0.399 e. The van der Waals surface area contributed by atoms with Gasteiger partial charge in [0.25, 0.3) is 0 Å². The number of nitrogen functional groups attached to an aromatic ring is 1. The number of carbonyl (C=O) groups excluding carboxylic acids is 2. The Morgan fingerprint density at radius 1 is 1.10 bits per heavy atom. The molecule has 5 heteroatoms. The standard InChI is InChI=1S/C15H21N3O2/c16-12-4-1-11(2-5-12)3-8-14(19)17-10-9-15(20)18-13-6-7-13/h1-2,4-5,13H,3,6-10,16H2,(H,17,19)(H,18,20). The molecule has 1 saturated carbocycles. The second-order valence-corrected chi connectivity index (χ2v) is 5.18. The van der Waals surface area contributed by atoms with Crippen molar-refractivity contribution in [2.24, 2.45) is 0 Å². The van der Waals surface area contributed by atoms with Crippen molar-refractivity contribution in [2.45, 2.75) is 38.1 Å². The smallest absolute Gasteiger partial charge is 0.221 e. The molecule has 0 bridgehead atoms. The van der Waals surface area contributed by atoms with E-state index in [0.717, 1.165) is 24.1 Å². The first-order chi connectivity index (χ1) is 9.63. The summed E-state index contributed by atoms with van der Waals surface area (Å²) in [6, 6.07) is 7.88.